The molecule has 0 saturated carbocycles. The zero-order valence-electron chi connectivity index (χ0n) is 10.5. The highest BCUT2D eigenvalue weighted by molar-refractivity contribution is 5.85. The molecule has 0 saturated heterocycles. The predicted octanol–water partition coefficient (Wildman–Crippen LogP) is 3.40. The molecule has 0 heterocycles. The van der Waals surface area contributed by atoms with E-state index in [1.165, 1.54) is 20.0 Å². The van der Waals surface area contributed by atoms with Crippen LogP contribution >= 0.6 is 12.4 Å². The summed E-state index contributed by atoms with van der Waals surface area (Å²) in [4.78, 5) is 0. The van der Waals surface area contributed by atoms with Crippen LogP contribution < -0.4 is 10.5 Å². The van der Waals surface area contributed by atoms with Gasteiger partial charge in [0, 0.05) is 6.04 Å². The summed E-state index contributed by atoms with van der Waals surface area (Å²) in [5.41, 5.74) is 7.01. The highest BCUT2D eigenvalue weighted by Gasteiger charge is 2.08. The molecule has 0 aliphatic carbocycles. The second kappa shape index (κ2) is 8.20. The van der Waals surface area contributed by atoms with Crippen LogP contribution in [0, 0.1) is 0 Å². The summed E-state index contributed by atoms with van der Waals surface area (Å²) >= 11 is 0. The monoisotopic (exact) mass is 259 g/mol. The number of unbranched alkanes of at least 4 members (excludes halogenated alkanes) is 2. The molecule has 1 aromatic rings. The van der Waals surface area contributed by atoms with E-state index in [1.54, 1.807) is 12.1 Å². The minimum absolute atomic E-state index is 0. The molecule has 17 heavy (non-hydrogen) atoms. The van der Waals surface area contributed by atoms with Crippen LogP contribution in [0.15, 0.2) is 18.2 Å². The third kappa shape index (κ3) is 4.84. The summed E-state index contributed by atoms with van der Waals surface area (Å²) in [5.74, 6) is 0.649. The zero-order valence-corrected chi connectivity index (χ0v) is 11.3. The second-order valence-electron chi connectivity index (χ2n) is 4.03. The fourth-order valence-corrected chi connectivity index (χ4v) is 1.72. The summed E-state index contributed by atoms with van der Waals surface area (Å²) in [7, 11) is 1.54. The lowest BCUT2D eigenvalue weighted by molar-refractivity contribution is 0.372. The van der Waals surface area contributed by atoms with Gasteiger partial charge in [-0.3, -0.25) is 0 Å². The molecule has 1 aromatic carbocycles. The number of methoxy groups -OCH3 is 1. The molecule has 3 nitrogen and oxygen atoms in total. The molecule has 0 spiro atoms. The first-order valence-corrected chi connectivity index (χ1v) is 5.81. The maximum atomic E-state index is 9.63. The Labute approximate surface area is 109 Å². The van der Waals surface area contributed by atoms with E-state index in [1.807, 2.05) is 6.07 Å². The van der Waals surface area contributed by atoms with E-state index < -0.39 is 0 Å². The molecule has 3 N–H and O–H groups in total. The molecule has 0 unspecified atom stereocenters. The largest absolute Gasteiger partial charge is 0.504 e. The van der Waals surface area contributed by atoms with Crippen LogP contribution in [0.25, 0.3) is 0 Å². The van der Waals surface area contributed by atoms with Crippen molar-refractivity contribution in [3.8, 4) is 11.5 Å². The SMILES string of the molecule is CCCCC[C@H](N)c1ccc(OC)c(O)c1.Cl. The zero-order chi connectivity index (χ0) is 12.0. The number of phenols is 1. The van der Waals surface area contributed by atoms with Gasteiger partial charge in [-0.1, -0.05) is 32.3 Å². The molecule has 1 rings (SSSR count). The van der Waals surface area contributed by atoms with Gasteiger partial charge in [0.05, 0.1) is 7.11 Å². The summed E-state index contributed by atoms with van der Waals surface area (Å²) in [5, 5.41) is 9.63. The number of nitrogens with two attached hydrogens (primary N) is 1. The van der Waals surface area contributed by atoms with E-state index in [0.29, 0.717) is 5.75 Å². The lowest BCUT2D eigenvalue weighted by Crippen LogP contribution is -2.09. The van der Waals surface area contributed by atoms with Crippen LogP contribution in [0.4, 0.5) is 0 Å². The van der Waals surface area contributed by atoms with Gasteiger partial charge in [0.15, 0.2) is 11.5 Å². The van der Waals surface area contributed by atoms with Gasteiger partial charge in [-0.15, -0.1) is 12.4 Å². The average Bonchev–Trinajstić information content (AvgIpc) is 2.29. The summed E-state index contributed by atoms with van der Waals surface area (Å²) in [6.07, 6.45) is 4.49. The molecular weight excluding hydrogens is 238 g/mol. The number of phenolic OH excluding ortho intramolecular Hbond substituents is 1. The van der Waals surface area contributed by atoms with Gasteiger partial charge in [-0.2, -0.15) is 0 Å². The van der Waals surface area contributed by atoms with Crippen molar-refractivity contribution in [2.45, 2.75) is 38.6 Å². The van der Waals surface area contributed by atoms with E-state index >= 15 is 0 Å². The van der Waals surface area contributed by atoms with Crippen molar-refractivity contribution in [3.63, 3.8) is 0 Å². The Bertz CT molecular complexity index is 331. The maximum absolute atomic E-state index is 9.63. The molecule has 0 radical (unpaired) electrons. The Morgan fingerprint density at radius 1 is 1.35 bits per heavy atom. The van der Waals surface area contributed by atoms with Crippen LogP contribution in [0.2, 0.25) is 0 Å². The van der Waals surface area contributed by atoms with Crippen molar-refractivity contribution >= 4 is 12.4 Å². The van der Waals surface area contributed by atoms with Crippen LogP contribution in [0.5, 0.6) is 11.5 Å². The van der Waals surface area contributed by atoms with E-state index in [0.717, 1.165) is 18.4 Å². The molecular formula is C13H22ClNO2. The van der Waals surface area contributed by atoms with Crippen LogP contribution in [-0.4, -0.2) is 12.2 Å². The van der Waals surface area contributed by atoms with Crippen LogP contribution in [0.1, 0.15) is 44.2 Å². The lowest BCUT2D eigenvalue weighted by Gasteiger charge is -2.13. The molecule has 4 heteroatoms. The Hall–Kier alpha value is -0.930. The van der Waals surface area contributed by atoms with Gasteiger partial charge < -0.3 is 15.6 Å². The van der Waals surface area contributed by atoms with Crippen LogP contribution in [-0.2, 0) is 0 Å². The molecule has 0 aliphatic rings. The van der Waals surface area contributed by atoms with E-state index in [2.05, 4.69) is 6.92 Å². The fourth-order valence-electron chi connectivity index (χ4n) is 1.72. The summed E-state index contributed by atoms with van der Waals surface area (Å²) in [6.45, 7) is 2.17. The van der Waals surface area contributed by atoms with Crippen molar-refractivity contribution in [1.82, 2.24) is 0 Å². The number of benzene rings is 1. The van der Waals surface area contributed by atoms with Gasteiger partial charge in [0.2, 0.25) is 0 Å². The number of rotatable bonds is 6. The topological polar surface area (TPSA) is 55.5 Å². The standard InChI is InChI=1S/C13H21NO2.ClH/c1-3-4-5-6-11(14)10-7-8-13(16-2)12(15)9-10;/h7-9,11,15H,3-6,14H2,1-2H3;1H/t11-;/m0./s1. The number of aromatic hydroxyl groups is 1. The Morgan fingerprint density at radius 3 is 2.59 bits per heavy atom. The van der Waals surface area contributed by atoms with E-state index in [-0.39, 0.29) is 24.2 Å². The number of hydrogen-bond donors (Lipinski definition) is 2. The van der Waals surface area contributed by atoms with Crippen LogP contribution in [0.3, 0.4) is 0 Å². The number of ether oxygens (including phenoxy) is 1. The Morgan fingerprint density at radius 2 is 2.06 bits per heavy atom. The van der Waals surface area contributed by atoms with Gasteiger partial charge in [-0.25, -0.2) is 0 Å². The molecule has 98 valence electrons. The van der Waals surface area contributed by atoms with Crippen molar-refractivity contribution in [1.29, 1.82) is 0 Å². The Balaban J connectivity index is 0.00000256. The van der Waals surface area contributed by atoms with Crippen molar-refractivity contribution < 1.29 is 9.84 Å². The summed E-state index contributed by atoms with van der Waals surface area (Å²) in [6, 6.07) is 5.36. The fraction of sp³-hybridized carbons (Fsp3) is 0.538. The highest BCUT2D eigenvalue weighted by atomic mass is 35.5. The van der Waals surface area contributed by atoms with Gasteiger partial charge in [0.25, 0.3) is 0 Å². The van der Waals surface area contributed by atoms with Gasteiger partial charge >= 0.3 is 0 Å². The molecule has 0 bridgehead atoms. The quantitative estimate of drug-likeness (QED) is 0.770. The normalized spacial score (nSPS) is 11.7. The Kier molecular flexibility index (Phi) is 7.75. The molecule has 0 aromatic heterocycles. The number of hydrogen-bond acceptors (Lipinski definition) is 3. The van der Waals surface area contributed by atoms with E-state index in [4.69, 9.17) is 10.5 Å². The maximum Gasteiger partial charge on any atom is 0.160 e. The first kappa shape index (κ1) is 16.1. The minimum Gasteiger partial charge on any atom is -0.504 e. The molecule has 0 aliphatic heterocycles. The molecule has 0 fully saturated rings. The predicted molar refractivity (Wildman–Crippen MR) is 73.0 cm³/mol. The smallest absolute Gasteiger partial charge is 0.160 e. The average molecular weight is 260 g/mol. The van der Waals surface area contributed by atoms with Crippen molar-refractivity contribution in [2.75, 3.05) is 7.11 Å². The number of halogens is 1. The van der Waals surface area contributed by atoms with Gasteiger partial charge in [-0.05, 0) is 24.1 Å². The first-order valence-electron chi connectivity index (χ1n) is 5.81. The third-order valence-electron chi connectivity index (χ3n) is 2.75. The summed E-state index contributed by atoms with van der Waals surface area (Å²) < 4.78 is 4.99. The third-order valence-corrected chi connectivity index (χ3v) is 2.75. The highest BCUT2D eigenvalue weighted by Crippen LogP contribution is 2.29. The van der Waals surface area contributed by atoms with E-state index in [9.17, 15) is 5.11 Å². The lowest BCUT2D eigenvalue weighted by atomic mass is 10.0. The molecule has 1 atom stereocenters. The second-order valence-corrected chi connectivity index (χ2v) is 4.03. The minimum atomic E-state index is 0. The molecule has 0 amide bonds. The van der Waals surface area contributed by atoms with Crippen molar-refractivity contribution in [3.05, 3.63) is 23.8 Å². The first-order chi connectivity index (χ1) is 7.69. The van der Waals surface area contributed by atoms with Gasteiger partial charge in [0.1, 0.15) is 0 Å². The van der Waals surface area contributed by atoms with Crippen molar-refractivity contribution in [2.24, 2.45) is 5.73 Å².